The number of carbonyl (C=O) groups excluding carboxylic acids is 3. The van der Waals surface area contributed by atoms with E-state index in [1.165, 1.54) is 0 Å². The van der Waals surface area contributed by atoms with Gasteiger partial charge in [0, 0.05) is 30.6 Å². The van der Waals surface area contributed by atoms with Crippen LogP contribution in [-0.2, 0) is 9.59 Å². The van der Waals surface area contributed by atoms with Crippen molar-refractivity contribution in [2.75, 3.05) is 32.1 Å². The van der Waals surface area contributed by atoms with Crippen molar-refractivity contribution in [2.45, 2.75) is 12.8 Å². The number of ketones is 1. The Kier molecular flexibility index (Phi) is 6.02. The van der Waals surface area contributed by atoms with Crippen molar-refractivity contribution in [3.63, 3.8) is 0 Å². The Balaban J connectivity index is 1.34. The van der Waals surface area contributed by atoms with Crippen molar-refractivity contribution < 1.29 is 23.9 Å². The first-order valence-electron chi connectivity index (χ1n) is 10.3. The van der Waals surface area contributed by atoms with Crippen molar-refractivity contribution in [2.24, 2.45) is 5.92 Å². The third-order valence-electron chi connectivity index (χ3n) is 5.59. The summed E-state index contributed by atoms with van der Waals surface area (Å²) >= 11 is 0. The molecule has 2 amide bonds. The number of amides is 2. The molecule has 31 heavy (non-hydrogen) atoms. The minimum Gasteiger partial charge on any atom is -0.497 e. The van der Waals surface area contributed by atoms with Crippen LogP contribution in [-0.4, -0.2) is 49.3 Å². The van der Waals surface area contributed by atoms with E-state index in [4.69, 9.17) is 9.47 Å². The van der Waals surface area contributed by atoms with Crippen LogP contribution in [0.5, 0.6) is 11.5 Å². The summed E-state index contributed by atoms with van der Waals surface area (Å²) in [6.45, 7) is 1.05. The molecule has 0 bridgehead atoms. The van der Waals surface area contributed by atoms with Gasteiger partial charge < -0.3 is 19.7 Å². The van der Waals surface area contributed by atoms with Crippen molar-refractivity contribution >= 4 is 29.4 Å². The highest BCUT2D eigenvalue weighted by Gasteiger charge is 2.28. The number of methoxy groups -OCH3 is 1. The number of nitrogens with zero attached hydrogens (tertiary/aromatic N) is 1. The van der Waals surface area contributed by atoms with E-state index in [1.54, 1.807) is 42.4 Å². The van der Waals surface area contributed by atoms with Crippen LogP contribution in [0.3, 0.4) is 0 Å². The first-order valence-corrected chi connectivity index (χ1v) is 10.3. The molecule has 7 nitrogen and oxygen atoms in total. The van der Waals surface area contributed by atoms with E-state index in [0.717, 1.165) is 11.3 Å². The third-order valence-corrected chi connectivity index (χ3v) is 5.59. The molecule has 0 unspecified atom stereocenters. The number of rotatable bonds is 5. The summed E-state index contributed by atoms with van der Waals surface area (Å²) in [5.74, 6) is 0.890. The van der Waals surface area contributed by atoms with Gasteiger partial charge in [0.25, 0.3) is 5.91 Å². The number of nitrogens with one attached hydrogen (secondary N) is 1. The fourth-order valence-corrected chi connectivity index (χ4v) is 3.85. The quantitative estimate of drug-likeness (QED) is 0.593. The van der Waals surface area contributed by atoms with Crippen molar-refractivity contribution in [1.82, 2.24) is 4.90 Å². The summed E-state index contributed by atoms with van der Waals surface area (Å²) in [5.41, 5.74) is 1.96. The van der Waals surface area contributed by atoms with Gasteiger partial charge >= 0.3 is 0 Å². The average Bonchev–Trinajstić information content (AvgIpc) is 2.81. The Morgan fingerprint density at radius 3 is 2.74 bits per heavy atom. The molecule has 1 fully saturated rings. The molecule has 4 rings (SSSR count). The third kappa shape index (κ3) is 4.77. The molecule has 2 aliphatic rings. The van der Waals surface area contributed by atoms with E-state index >= 15 is 0 Å². The summed E-state index contributed by atoms with van der Waals surface area (Å²) < 4.78 is 10.5. The lowest BCUT2D eigenvalue weighted by Gasteiger charge is -2.30. The SMILES string of the molecule is COc1cccc(/C=C/C(=O)N2CCC(C(=O)c3ccc4c(c3)NC(=O)CO4)CC2)c1. The Morgan fingerprint density at radius 2 is 1.97 bits per heavy atom. The average molecular weight is 420 g/mol. The monoisotopic (exact) mass is 420 g/mol. The van der Waals surface area contributed by atoms with Crippen molar-refractivity contribution in [3.05, 3.63) is 59.7 Å². The number of piperidine rings is 1. The summed E-state index contributed by atoms with van der Waals surface area (Å²) in [4.78, 5) is 38.7. The Morgan fingerprint density at radius 1 is 1.16 bits per heavy atom. The lowest BCUT2D eigenvalue weighted by atomic mass is 9.88. The highest BCUT2D eigenvalue weighted by atomic mass is 16.5. The number of anilines is 1. The van der Waals surface area contributed by atoms with E-state index in [1.807, 2.05) is 24.3 Å². The molecule has 0 saturated carbocycles. The summed E-state index contributed by atoms with van der Waals surface area (Å²) in [5, 5.41) is 2.73. The van der Waals surface area contributed by atoms with Crippen LogP contribution >= 0.6 is 0 Å². The molecule has 0 radical (unpaired) electrons. The number of hydrogen-bond donors (Lipinski definition) is 1. The maximum absolute atomic E-state index is 12.9. The van der Waals surface area contributed by atoms with Crippen molar-refractivity contribution in [1.29, 1.82) is 0 Å². The predicted octanol–water partition coefficient (Wildman–Crippen LogP) is 3.16. The van der Waals surface area contributed by atoms with Gasteiger partial charge in [-0.3, -0.25) is 14.4 Å². The van der Waals surface area contributed by atoms with Gasteiger partial charge in [0.15, 0.2) is 12.4 Å². The second-order valence-corrected chi connectivity index (χ2v) is 7.62. The molecule has 2 heterocycles. The normalized spacial score (nSPS) is 16.4. The minimum absolute atomic E-state index is 0.0148. The number of hydrogen-bond acceptors (Lipinski definition) is 5. The maximum Gasteiger partial charge on any atom is 0.262 e. The fourth-order valence-electron chi connectivity index (χ4n) is 3.85. The van der Waals surface area contributed by atoms with Crippen LogP contribution in [0.2, 0.25) is 0 Å². The molecule has 0 spiro atoms. The molecule has 2 aromatic rings. The number of carbonyl (C=O) groups is 3. The van der Waals surface area contributed by atoms with E-state index in [-0.39, 0.29) is 30.1 Å². The van der Waals surface area contributed by atoms with Gasteiger partial charge in [0.2, 0.25) is 5.91 Å². The van der Waals surface area contributed by atoms with Gasteiger partial charge in [0.1, 0.15) is 11.5 Å². The molecule has 0 aromatic heterocycles. The Hall–Kier alpha value is -3.61. The zero-order valence-corrected chi connectivity index (χ0v) is 17.3. The lowest BCUT2D eigenvalue weighted by Crippen LogP contribution is -2.39. The van der Waals surface area contributed by atoms with Gasteiger partial charge in [-0.2, -0.15) is 0 Å². The summed E-state index contributed by atoms with van der Waals surface area (Å²) in [6.07, 6.45) is 4.55. The smallest absolute Gasteiger partial charge is 0.262 e. The largest absolute Gasteiger partial charge is 0.497 e. The Labute approximate surface area is 180 Å². The van der Waals surface area contributed by atoms with Crippen LogP contribution in [0.4, 0.5) is 5.69 Å². The van der Waals surface area contributed by atoms with E-state index in [0.29, 0.717) is 42.9 Å². The van der Waals surface area contributed by atoms with E-state index < -0.39 is 0 Å². The number of fused-ring (bicyclic) bond motifs is 1. The second-order valence-electron chi connectivity index (χ2n) is 7.62. The molecule has 2 aromatic carbocycles. The first-order chi connectivity index (χ1) is 15.0. The number of ether oxygens (including phenoxy) is 2. The van der Waals surface area contributed by atoms with E-state index in [9.17, 15) is 14.4 Å². The van der Waals surface area contributed by atoms with E-state index in [2.05, 4.69) is 5.32 Å². The van der Waals surface area contributed by atoms with Gasteiger partial charge in [-0.05, 0) is 54.8 Å². The summed E-state index contributed by atoms with van der Waals surface area (Å²) in [7, 11) is 1.60. The second kappa shape index (κ2) is 9.04. The molecule has 0 atom stereocenters. The number of Topliss-reactive ketones (excluding diaryl/α,β-unsaturated/α-hetero) is 1. The van der Waals surface area contributed by atoms with Gasteiger partial charge in [0.05, 0.1) is 12.8 Å². The standard InChI is InChI=1S/C24H24N2O5/c1-30-19-4-2-3-16(13-19)5-8-23(28)26-11-9-17(10-12-26)24(29)18-6-7-21-20(14-18)25-22(27)15-31-21/h2-8,13-14,17H,9-12,15H2,1H3,(H,25,27)/b8-5+. The maximum atomic E-state index is 12.9. The van der Waals surface area contributed by atoms with Crippen LogP contribution in [0.1, 0.15) is 28.8 Å². The zero-order valence-electron chi connectivity index (χ0n) is 17.3. The predicted molar refractivity (Wildman–Crippen MR) is 116 cm³/mol. The van der Waals surface area contributed by atoms with Gasteiger partial charge in [-0.25, -0.2) is 0 Å². The van der Waals surface area contributed by atoms with Gasteiger partial charge in [-0.15, -0.1) is 0 Å². The van der Waals surface area contributed by atoms with Crippen LogP contribution in [0.25, 0.3) is 6.08 Å². The minimum atomic E-state index is -0.231. The highest BCUT2D eigenvalue weighted by Crippen LogP contribution is 2.31. The molecule has 7 heteroatoms. The lowest BCUT2D eigenvalue weighted by molar-refractivity contribution is -0.127. The fraction of sp³-hybridized carbons (Fsp3) is 0.292. The molecule has 0 aliphatic carbocycles. The first kappa shape index (κ1) is 20.7. The molecule has 1 saturated heterocycles. The number of benzene rings is 2. The Bertz CT molecular complexity index is 1040. The van der Waals surface area contributed by atoms with Crippen molar-refractivity contribution in [3.8, 4) is 11.5 Å². The topological polar surface area (TPSA) is 84.9 Å². The molecule has 160 valence electrons. The number of likely N-dealkylation sites (tertiary alicyclic amines) is 1. The zero-order chi connectivity index (χ0) is 21.8. The molecular weight excluding hydrogens is 396 g/mol. The van der Waals surface area contributed by atoms with Crippen LogP contribution in [0, 0.1) is 5.92 Å². The van der Waals surface area contributed by atoms with Gasteiger partial charge in [-0.1, -0.05) is 12.1 Å². The molecule has 2 aliphatic heterocycles. The molecule has 1 N–H and O–H groups in total. The molecular formula is C24H24N2O5. The summed E-state index contributed by atoms with van der Waals surface area (Å²) in [6, 6.07) is 12.6. The van der Waals surface area contributed by atoms with Crippen LogP contribution < -0.4 is 14.8 Å². The van der Waals surface area contributed by atoms with Crippen LogP contribution in [0.15, 0.2) is 48.5 Å². The highest BCUT2D eigenvalue weighted by molar-refractivity contribution is 6.02.